The summed E-state index contributed by atoms with van der Waals surface area (Å²) in [5.74, 6) is -0.363. The maximum Gasteiger partial charge on any atom is 0.338 e. The summed E-state index contributed by atoms with van der Waals surface area (Å²) < 4.78 is 10.9. The van der Waals surface area contributed by atoms with Crippen LogP contribution in [0.15, 0.2) is 36.4 Å². The van der Waals surface area contributed by atoms with Gasteiger partial charge in [0.25, 0.3) is 0 Å². The molecule has 128 valence electrons. The molecule has 0 aliphatic carbocycles. The zero-order chi connectivity index (χ0) is 17.9. The van der Waals surface area contributed by atoms with Gasteiger partial charge in [0, 0.05) is 7.11 Å². The van der Waals surface area contributed by atoms with Gasteiger partial charge in [-0.25, -0.2) is 9.78 Å². The predicted molar refractivity (Wildman–Crippen MR) is 94.7 cm³/mol. The summed E-state index contributed by atoms with van der Waals surface area (Å²) >= 11 is 11.9. The van der Waals surface area contributed by atoms with Crippen LogP contribution < -0.4 is 0 Å². The standard InChI is InChI=1S/C18H19Cl2NO3/c1-18(2,3)24-17(22)12-7-5-11(6-8-12)16(23-4)13-9-14(19)21-15(20)10-13/h5-10,16H,1-4H3. The van der Waals surface area contributed by atoms with E-state index in [0.29, 0.717) is 15.9 Å². The lowest BCUT2D eigenvalue weighted by molar-refractivity contribution is 0.00694. The SMILES string of the molecule is COC(c1ccc(C(=O)OC(C)(C)C)cc1)c1cc(Cl)nc(Cl)c1. The highest BCUT2D eigenvalue weighted by Gasteiger charge is 2.19. The van der Waals surface area contributed by atoms with Crippen molar-refractivity contribution in [3.05, 3.63) is 63.4 Å². The van der Waals surface area contributed by atoms with Gasteiger partial charge in [0.05, 0.1) is 5.56 Å². The van der Waals surface area contributed by atoms with Gasteiger partial charge in [-0.05, 0) is 56.2 Å². The van der Waals surface area contributed by atoms with Crippen LogP contribution in [0, 0.1) is 0 Å². The Morgan fingerprint density at radius 1 is 1.04 bits per heavy atom. The Morgan fingerprint density at radius 2 is 1.58 bits per heavy atom. The van der Waals surface area contributed by atoms with Gasteiger partial charge in [-0.2, -0.15) is 0 Å². The fraction of sp³-hybridized carbons (Fsp3) is 0.333. The first-order chi connectivity index (χ1) is 11.2. The molecule has 2 aromatic rings. The lowest BCUT2D eigenvalue weighted by atomic mass is 10.0. The number of rotatable bonds is 4. The quantitative estimate of drug-likeness (QED) is 0.558. The van der Waals surface area contributed by atoms with Gasteiger partial charge in [-0.15, -0.1) is 0 Å². The Hall–Kier alpha value is -1.62. The zero-order valence-electron chi connectivity index (χ0n) is 14.0. The first kappa shape index (κ1) is 18.7. The minimum absolute atomic E-state index is 0.296. The minimum Gasteiger partial charge on any atom is -0.456 e. The molecule has 6 heteroatoms. The largest absolute Gasteiger partial charge is 0.456 e. The summed E-state index contributed by atoms with van der Waals surface area (Å²) in [5.41, 5.74) is 1.60. The zero-order valence-corrected chi connectivity index (χ0v) is 15.5. The molecule has 0 bridgehead atoms. The average Bonchev–Trinajstić information content (AvgIpc) is 2.46. The summed E-state index contributed by atoms with van der Waals surface area (Å²) in [4.78, 5) is 16.0. The third-order valence-corrected chi connectivity index (χ3v) is 3.56. The van der Waals surface area contributed by atoms with Crippen LogP contribution in [-0.2, 0) is 9.47 Å². The molecule has 0 amide bonds. The fourth-order valence-corrected chi connectivity index (χ4v) is 2.71. The highest BCUT2D eigenvalue weighted by Crippen LogP contribution is 2.29. The van der Waals surface area contributed by atoms with Crippen LogP contribution in [0.4, 0.5) is 0 Å². The molecule has 1 atom stereocenters. The summed E-state index contributed by atoms with van der Waals surface area (Å²) in [6, 6.07) is 10.4. The predicted octanol–water partition coefficient (Wildman–Crippen LogP) is 5.08. The molecule has 1 heterocycles. The second kappa shape index (κ2) is 7.51. The van der Waals surface area contributed by atoms with Gasteiger partial charge in [-0.1, -0.05) is 35.3 Å². The molecule has 1 unspecified atom stereocenters. The Kier molecular flexibility index (Phi) is 5.86. The van der Waals surface area contributed by atoms with Crippen molar-refractivity contribution in [1.29, 1.82) is 0 Å². The van der Waals surface area contributed by atoms with Gasteiger partial charge in [0.15, 0.2) is 0 Å². The molecule has 0 aliphatic rings. The topological polar surface area (TPSA) is 48.4 Å². The Morgan fingerprint density at radius 3 is 2.04 bits per heavy atom. The van der Waals surface area contributed by atoms with Crippen molar-refractivity contribution < 1.29 is 14.3 Å². The first-order valence-corrected chi connectivity index (χ1v) is 8.14. The number of hydrogen-bond donors (Lipinski definition) is 0. The number of benzene rings is 1. The number of halogens is 2. The highest BCUT2D eigenvalue weighted by molar-refractivity contribution is 6.32. The Labute approximate surface area is 151 Å². The summed E-state index contributed by atoms with van der Waals surface area (Å²) in [6.07, 6.45) is -0.365. The fourth-order valence-electron chi connectivity index (χ4n) is 2.23. The number of methoxy groups -OCH3 is 1. The number of carbonyl (C=O) groups is 1. The highest BCUT2D eigenvalue weighted by atomic mass is 35.5. The van der Waals surface area contributed by atoms with E-state index in [-0.39, 0.29) is 12.1 Å². The van der Waals surface area contributed by atoms with Crippen molar-refractivity contribution in [2.45, 2.75) is 32.5 Å². The molecule has 1 aromatic heterocycles. The van der Waals surface area contributed by atoms with E-state index in [1.165, 1.54) is 0 Å². The van der Waals surface area contributed by atoms with Crippen molar-refractivity contribution in [2.24, 2.45) is 0 Å². The second-order valence-electron chi connectivity index (χ2n) is 6.29. The number of hydrogen-bond acceptors (Lipinski definition) is 4. The van der Waals surface area contributed by atoms with Crippen LogP contribution in [0.25, 0.3) is 0 Å². The van der Waals surface area contributed by atoms with Gasteiger partial charge < -0.3 is 9.47 Å². The average molecular weight is 368 g/mol. The van der Waals surface area contributed by atoms with E-state index in [9.17, 15) is 4.79 Å². The van der Waals surface area contributed by atoms with Gasteiger partial charge in [0.2, 0.25) is 0 Å². The van der Waals surface area contributed by atoms with E-state index >= 15 is 0 Å². The van der Waals surface area contributed by atoms with Crippen LogP contribution in [0.3, 0.4) is 0 Å². The van der Waals surface area contributed by atoms with Crippen molar-refractivity contribution in [1.82, 2.24) is 4.98 Å². The molecule has 0 aliphatic heterocycles. The van der Waals surface area contributed by atoms with Crippen molar-refractivity contribution >= 4 is 29.2 Å². The molecule has 0 saturated carbocycles. The summed E-state index contributed by atoms with van der Waals surface area (Å²) in [5, 5.41) is 0.592. The number of esters is 1. The Bertz CT molecular complexity index is 704. The third kappa shape index (κ3) is 4.94. The van der Waals surface area contributed by atoms with E-state index in [0.717, 1.165) is 11.1 Å². The second-order valence-corrected chi connectivity index (χ2v) is 7.06. The van der Waals surface area contributed by atoms with Crippen LogP contribution in [0.1, 0.15) is 48.4 Å². The first-order valence-electron chi connectivity index (χ1n) is 7.38. The van der Waals surface area contributed by atoms with E-state index in [1.807, 2.05) is 32.9 Å². The molecule has 1 aromatic carbocycles. The van der Waals surface area contributed by atoms with E-state index in [4.69, 9.17) is 32.7 Å². The molecule has 4 nitrogen and oxygen atoms in total. The molecular weight excluding hydrogens is 349 g/mol. The van der Waals surface area contributed by atoms with Crippen molar-refractivity contribution in [2.75, 3.05) is 7.11 Å². The maximum absolute atomic E-state index is 12.1. The van der Waals surface area contributed by atoms with Gasteiger partial charge in [0.1, 0.15) is 22.0 Å². The Balaban J connectivity index is 2.26. The molecule has 24 heavy (non-hydrogen) atoms. The smallest absolute Gasteiger partial charge is 0.338 e. The molecule has 2 rings (SSSR count). The van der Waals surface area contributed by atoms with Crippen molar-refractivity contribution in [3.63, 3.8) is 0 Å². The summed E-state index contributed by atoms with van der Waals surface area (Å²) in [6.45, 7) is 5.49. The number of ether oxygens (including phenoxy) is 2. The van der Waals surface area contributed by atoms with E-state index < -0.39 is 5.60 Å². The van der Waals surface area contributed by atoms with Crippen LogP contribution >= 0.6 is 23.2 Å². The summed E-state index contributed by atoms with van der Waals surface area (Å²) in [7, 11) is 1.59. The monoisotopic (exact) mass is 367 g/mol. The van der Waals surface area contributed by atoms with E-state index in [2.05, 4.69) is 4.98 Å². The molecule has 0 spiro atoms. The van der Waals surface area contributed by atoms with Gasteiger partial charge >= 0.3 is 5.97 Å². The van der Waals surface area contributed by atoms with Crippen LogP contribution in [0.2, 0.25) is 10.3 Å². The lowest BCUT2D eigenvalue weighted by Crippen LogP contribution is -2.23. The lowest BCUT2D eigenvalue weighted by Gasteiger charge is -2.20. The number of aromatic nitrogens is 1. The minimum atomic E-state index is -0.532. The number of nitrogens with zero attached hydrogens (tertiary/aromatic N) is 1. The molecule has 0 saturated heterocycles. The molecule has 0 fully saturated rings. The molecule has 0 radical (unpaired) electrons. The number of pyridine rings is 1. The van der Waals surface area contributed by atoms with E-state index in [1.54, 1.807) is 31.4 Å². The van der Waals surface area contributed by atoms with Gasteiger partial charge in [-0.3, -0.25) is 0 Å². The molecular formula is C18H19Cl2NO3. The number of carbonyl (C=O) groups excluding carboxylic acids is 1. The van der Waals surface area contributed by atoms with Crippen LogP contribution in [0.5, 0.6) is 0 Å². The third-order valence-electron chi connectivity index (χ3n) is 3.17. The normalized spacial score (nSPS) is 12.8. The maximum atomic E-state index is 12.1. The molecule has 0 N–H and O–H groups in total. The van der Waals surface area contributed by atoms with Crippen molar-refractivity contribution in [3.8, 4) is 0 Å². The van der Waals surface area contributed by atoms with Crippen LogP contribution in [-0.4, -0.2) is 23.7 Å².